The van der Waals surface area contributed by atoms with Crippen LogP contribution in [0.3, 0.4) is 0 Å². The fourth-order valence-electron chi connectivity index (χ4n) is 2.48. The molecule has 22 heavy (non-hydrogen) atoms. The van der Waals surface area contributed by atoms with Gasteiger partial charge >= 0.3 is 0 Å². The molecule has 3 aromatic heterocycles. The summed E-state index contributed by atoms with van der Waals surface area (Å²) >= 11 is 1.57. The van der Waals surface area contributed by atoms with Gasteiger partial charge in [0.1, 0.15) is 5.52 Å². The number of aryl methyl sites for hydroxylation is 1. The van der Waals surface area contributed by atoms with Gasteiger partial charge in [0.05, 0.1) is 5.52 Å². The first-order chi connectivity index (χ1) is 10.8. The number of para-hydroxylation sites is 1. The van der Waals surface area contributed by atoms with Gasteiger partial charge in [-0.05, 0) is 17.7 Å². The number of fused-ring (bicyclic) bond motifs is 3. The number of hydrogen-bond acceptors (Lipinski definition) is 5. The molecule has 3 heterocycles. The largest absolute Gasteiger partial charge is 0.327 e. The van der Waals surface area contributed by atoms with Crippen molar-refractivity contribution >= 4 is 33.8 Å². The van der Waals surface area contributed by atoms with E-state index in [9.17, 15) is 0 Å². The summed E-state index contributed by atoms with van der Waals surface area (Å²) in [7, 11) is 2.01. The second kappa shape index (κ2) is 5.38. The quantitative estimate of drug-likeness (QED) is 0.544. The van der Waals surface area contributed by atoms with Crippen molar-refractivity contribution < 1.29 is 0 Å². The maximum atomic E-state index is 4.66. The summed E-state index contributed by atoms with van der Waals surface area (Å²) < 4.78 is 2.06. The summed E-state index contributed by atoms with van der Waals surface area (Å²) in [5.74, 6) is 0.783. The molecular formula is C16H13N5S. The monoisotopic (exact) mass is 307 g/mol. The summed E-state index contributed by atoms with van der Waals surface area (Å²) in [5.41, 5.74) is 3.98. The number of hydrogen-bond donors (Lipinski definition) is 0. The Labute approximate surface area is 131 Å². The van der Waals surface area contributed by atoms with Gasteiger partial charge in [0.25, 0.3) is 0 Å². The molecule has 6 heteroatoms. The standard InChI is InChI=1S/C16H13N5S/c1-21-13-7-3-2-6-12(13)14-15(21)18-16(20-19-14)22-10-11-5-4-8-17-9-11/h2-9H,10H2,1H3. The molecule has 0 aliphatic heterocycles. The highest BCUT2D eigenvalue weighted by atomic mass is 32.2. The van der Waals surface area contributed by atoms with Crippen LogP contribution in [0.25, 0.3) is 22.1 Å². The molecule has 0 fully saturated rings. The minimum atomic E-state index is 0.683. The predicted molar refractivity (Wildman–Crippen MR) is 87.6 cm³/mol. The van der Waals surface area contributed by atoms with Gasteiger partial charge in [0.2, 0.25) is 5.16 Å². The van der Waals surface area contributed by atoms with E-state index in [1.54, 1.807) is 18.0 Å². The summed E-state index contributed by atoms with van der Waals surface area (Å²) in [6, 6.07) is 12.1. The molecule has 108 valence electrons. The lowest BCUT2D eigenvalue weighted by Gasteiger charge is -2.00. The summed E-state index contributed by atoms with van der Waals surface area (Å²) in [4.78, 5) is 8.77. The third kappa shape index (κ3) is 2.21. The van der Waals surface area contributed by atoms with E-state index >= 15 is 0 Å². The zero-order valence-electron chi connectivity index (χ0n) is 12.0. The van der Waals surface area contributed by atoms with E-state index < -0.39 is 0 Å². The first-order valence-electron chi connectivity index (χ1n) is 6.92. The van der Waals surface area contributed by atoms with E-state index in [1.165, 1.54) is 0 Å². The number of aromatic nitrogens is 5. The van der Waals surface area contributed by atoms with E-state index in [4.69, 9.17) is 0 Å². The summed E-state index contributed by atoms with van der Waals surface area (Å²) in [5, 5.41) is 10.4. The normalized spacial score (nSPS) is 11.3. The first-order valence-corrected chi connectivity index (χ1v) is 7.91. The maximum Gasteiger partial charge on any atom is 0.211 e. The Bertz CT molecular complexity index is 949. The van der Waals surface area contributed by atoms with Crippen LogP contribution < -0.4 is 0 Å². The minimum absolute atomic E-state index is 0.683. The molecule has 5 nitrogen and oxygen atoms in total. The molecule has 0 bridgehead atoms. The SMILES string of the molecule is Cn1c2ccccc2c2nnc(SCc3cccnc3)nc21. The molecule has 0 unspecified atom stereocenters. The average molecular weight is 307 g/mol. The van der Waals surface area contributed by atoms with Crippen molar-refractivity contribution in [3.63, 3.8) is 0 Å². The summed E-state index contributed by atoms with van der Waals surface area (Å²) in [6.45, 7) is 0. The van der Waals surface area contributed by atoms with Gasteiger partial charge < -0.3 is 4.57 Å². The highest BCUT2D eigenvalue weighted by Crippen LogP contribution is 2.26. The Morgan fingerprint density at radius 2 is 2.00 bits per heavy atom. The molecule has 0 radical (unpaired) electrons. The molecular weight excluding hydrogens is 294 g/mol. The fourth-order valence-corrected chi connectivity index (χ4v) is 3.20. The molecule has 0 spiro atoms. The van der Waals surface area contributed by atoms with Crippen LogP contribution in [-0.2, 0) is 12.8 Å². The van der Waals surface area contributed by atoms with E-state index in [1.807, 2.05) is 37.5 Å². The number of pyridine rings is 1. The van der Waals surface area contributed by atoms with Crippen LogP contribution in [-0.4, -0.2) is 24.7 Å². The second-order valence-corrected chi connectivity index (χ2v) is 5.94. The van der Waals surface area contributed by atoms with Gasteiger partial charge in [-0.2, -0.15) is 0 Å². The second-order valence-electron chi connectivity index (χ2n) is 4.99. The maximum absolute atomic E-state index is 4.66. The highest BCUT2D eigenvalue weighted by molar-refractivity contribution is 7.98. The fraction of sp³-hybridized carbons (Fsp3) is 0.125. The number of thioether (sulfide) groups is 1. The van der Waals surface area contributed by atoms with Gasteiger partial charge in [0.15, 0.2) is 5.65 Å². The number of benzene rings is 1. The molecule has 0 aliphatic carbocycles. The topological polar surface area (TPSA) is 56.5 Å². The van der Waals surface area contributed by atoms with Crippen molar-refractivity contribution in [1.82, 2.24) is 24.7 Å². The van der Waals surface area contributed by atoms with E-state index in [2.05, 4.69) is 36.9 Å². The lowest BCUT2D eigenvalue weighted by Crippen LogP contribution is -1.95. The Morgan fingerprint density at radius 1 is 1.09 bits per heavy atom. The smallest absolute Gasteiger partial charge is 0.211 e. The third-order valence-electron chi connectivity index (χ3n) is 3.58. The van der Waals surface area contributed by atoms with Gasteiger partial charge in [0, 0.05) is 30.6 Å². The van der Waals surface area contributed by atoms with Crippen molar-refractivity contribution in [1.29, 1.82) is 0 Å². The Balaban J connectivity index is 1.71. The predicted octanol–water partition coefficient (Wildman–Crippen LogP) is 3.20. The van der Waals surface area contributed by atoms with Gasteiger partial charge in [-0.25, -0.2) is 4.98 Å². The third-order valence-corrected chi connectivity index (χ3v) is 4.49. The minimum Gasteiger partial charge on any atom is -0.327 e. The number of rotatable bonds is 3. The molecule has 0 aliphatic rings. The van der Waals surface area contributed by atoms with Crippen LogP contribution in [0.2, 0.25) is 0 Å². The van der Waals surface area contributed by atoms with Crippen LogP contribution in [0, 0.1) is 0 Å². The first kappa shape index (κ1) is 13.2. The van der Waals surface area contributed by atoms with Crippen LogP contribution in [0.1, 0.15) is 5.56 Å². The molecule has 0 atom stereocenters. The van der Waals surface area contributed by atoms with Crippen LogP contribution in [0.4, 0.5) is 0 Å². The average Bonchev–Trinajstić information content (AvgIpc) is 2.87. The Kier molecular flexibility index (Phi) is 3.23. The Morgan fingerprint density at radius 3 is 2.86 bits per heavy atom. The van der Waals surface area contributed by atoms with Gasteiger partial charge in [-0.1, -0.05) is 36.0 Å². The highest BCUT2D eigenvalue weighted by Gasteiger charge is 2.12. The van der Waals surface area contributed by atoms with Gasteiger partial charge in [-0.3, -0.25) is 4.98 Å². The Hall–Kier alpha value is -2.47. The van der Waals surface area contributed by atoms with Crippen LogP contribution in [0.15, 0.2) is 53.9 Å². The molecule has 0 N–H and O–H groups in total. The van der Waals surface area contributed by atoms with Crippen molar-refractivity contribution in [3.05, 3.63) is 54.4 Å². The zero-order valence-corrected chi connectivity index (χ0v) is 12.8. The van der Waals surface area contributed by atoms with Gasteiger partial charge in [-0.15, -0.1) is 10.2 Å². The van der Waals surface area contributed by atoms with Crippen molar-refractivity contribution in [3.8, 4) is 0 Å². The molecule has 0 saturated carbocycles. The lowest BCUT2D eigenvalue weighted by molar-refractivity contribution is 0.855. The van der Waals surface area contributed by atoms with Crippen molar-refractivity contribution in [2.45, 2.75) is 10.9 Å². The number of nitrogens with zero attached hydrogens (tertiary/aromatic N) is 5. The molecule has 4 rings (SSSR count). The van der Waals surface area contributed by atoms with E-state index in [0.717, 1.165) is 33.4 Å². The van der Waals surface area contributed by atoms with Crippen molar-refractivity contribution in [2.24, 2.45) is 7.05 Å². The molecule has 0 saturated heterocycles. The zero-order chi connectivity index (χ0) is 14.9. The molecule has 4 aromatic rings. The van der Waals surface area contributed by atoms with Crippen LogP contribution in [0.5, 0.6) is 0 Å². The van der Waals surface area contributed by atoms with Crippen molar-refractivity contribution in [2.75, 3.05) is 0 Å². The molecule has 0 amide bonds. The van der Waals surface area contributed by atoms with E-state index in [0.29, 0.717) is 5.16 Å². The molecule has 1 aromatic carbocycles. The lowest BCUT2D eigenvalue weighted by atomic mass is 10.2. The summed E-state index contributed by atoms with van der Waals surface area (Å²) in [6.07, 6.45) is 3.63. The van der Waals surface area contributed by atoms with E-state index in [-0.39, 0.29) is 0 Å². The van der Waals surface area contributed by atoms with Crippen LogP contribution >= 0.6 is 11.8 Å².